The van der Waals surface area contributed by atoms with Gasteiger partial charge in [-0.1, -0.05) is 0 Å². The minimum atomic E-state index is 0.648. The Bertz CT molecular complexity index is 329. The average Bonchev–Trinajstić information content (AvgIpc) is 2.69. The summed E-state index contributed by atoms with van der Waals surface area (Å²) in [5.41, 5.74) is 2.69. The number of nitrogens with zero attached hydrogens (tertiary/aromatic N) is 2. The molecule has 0 aliphatic carbocycles. The first-order valence-electron chi connectivity index (χ1n) is 6.06. The lowest BCUT2D eigenvalue weighted by atomic mass is 9.91. The Hall–Kier alpha value is -0.870. The van der Waals surface area contributed by atoms with Crippen LogP contribution in [0.1, 0.15) is 30.0 Å². The summed E-state index contributed by atoms with van der Waals surface area (Å²) in [5, 5.41) is 7.74. The first-order chi connectivity index (χ1) is 7.81. The molecule has 2 heterocycles. The second-order valence-electron chi connectivity index (χ2n) is 4.45. The summed E-state index contributed by atoms with van der Waals surface area (Å²) >= 11 is 0. The van der Waals surface area contributed by atoms with E-state index in [4.69, 9.17) is 4.74 Å². The zero-order valence-electron chi connectivity index (χ0n) is 10.2. The Morgan fingerprint density at radius 3 is 2.94 bits per heavy atom. The Morgan fingerprint density at radius 2 is 2.25 bits per heavy atom. The van der Waals surface area contributed by atoms with Crippen molar-refractivity contribution in [2.24, 2.45) is 7.05 Å². The number of aromatic nitrogens is 2. The van der Waals surface area contributed by atoms with Gasteiger partial charge < -0.3 is 10.1 Å². The highest BCUT2D eigenvalue weighted by Crippen LogP contribution is 2.28. The summed E-state index contributed by atoms with van der Waals surface area (Å²) in [6, 6.07) is 0. The van der Waals surface area contributed by atoms with E-state index in [0.29, 0.717) is 5.92 Å². The normalized spacial score (nSPS) is 17.9. The van der Waals surface area contributed by atoms with Gasteiger partial charge in [-0.05, 0) is 31.4 Å². The third-order valence-electron chi connectivity index (χ3n) is 3.21. The lowest BCUT2D eigenvalue weighted by Crippen LogP contribution is -2.16. The van der Waals surface area contributed by atoms with Gasteiger partial charge in [0, 0.05) is 39.4 Å². The highest BCUT2D eigenvalue weighted by molar-refractivity contribution is 5.22. The smallest absolute Gasteiger partial charge is 0.0671 e. The topological polar surface area (TPSA) is 39.1 Å². The Balaban J connectivity index is 2.10. The molecule has 0 amide bonds. The van der Waals surface area contributed by atoms with Gasteiger partial charge in [-0.2, -0.15) is 5.10 Å². The van der Waals surface area contributed by atoms with Crippen LogP contribution >= 0.6 is 0 Å². The summed E-state index contributed by atoms with van der Waals surface area (Å²) in [4.78, 5) is 0. The van der Waals surface area contributed by atoms with Gasteiger partial charge in [-0.15, -0.1) is 0 Å². The van der Waals surface area contributed by atoms with Crippen LogP contribution in [0.4, 0.5) is 0 Å². The number of aryl methyl sites for hydroxylation is 1. The molecule has 0 radical (unpaired) electrons. The third-order valence-corrected chi connectivity index (χ3v) is 3.21. The van der Waals surface area contributed by atoms with Gasteiger partial charge >= 0.3 is 0 Å². The molecule has 1 N–H and O–H groups in total. The van der Waals surface area contributed by atoms with Gasteiger partial charge in [-0.3, -0.25) is 4.68 Å². The molecule has 16 heavy (non-hydrogen) atoms. The maximum absolute atomic E-state index is 5.41. The van der Waals surface area contributed by atoms with E-state index in [9.17, 15) is 0 Å². The van der Waals surface area contributed by atoms with Crippen molar-refractivity contribution in [2.75, 3.05) is 26.8 Å². The largest absolute Gasteiger partial charge is 0.381 e. The molecule has 1 aliphatic heterocycles. The second kappa shape index (κ2) is 5.46. The van der Waals surface area contributed by atoms with Crippen LogP contribution in [0.3, 0.4) is 0 Å². The van der Waals surface area contributed by atoms with E-state index in [1.807, 2.05) is 18.8 Å². The van der Waals surface area contributed by atoms with E-state index >= 15 is 0 Å². The molecule has 1 aromatic heterocycles. The molecule has 2 rings (SSSR count). The lowest BCUT2D eigenvalue weighted by Gasteiger charge is -2.21. The number of nitrogens with one attached hydrogen (secondary N) is 1. The Labute approximate surface area is 97.0 Å². The van der Waals surface area contributed by atoms with E-state index in [2.05, 4.69) is 16.6 Å². The van der Waals surface area contributed by atoms with E-state index < -0.39 is 0 Å². The van der Waals surface area contributed by atoms with Crippen LogP contribution in [0.15, 0.2) is 6.20 Å². The molecule has 1 aliphatic rings. The van der Waals surface area contributed by atoms with Crippen LogP contribution in [-0.4, -0.2) is 36.6 Å². The van der Waals surface area contributed by atoms with Gasteiger partial charge in [0.05, 0.1) is 5.69 Å². The van der Waals surface area contributed by atoms with Crippen LogP contribution in [0, 0.1) is 0 Å². The molecule has 0 unspecified atom stereocenters. The van der Waals surface area contributed by atoms with Gasteiger partial charge in [0.25, 0.3) is 0 Å². The molecule has 0 atom stereocenters. The number of rotatable bonds is 4. The minimum Gasteiger partial charge on any atom is -0.381 e. The van der Waals surface area contributed by atoms with Crippen molar-refractivity contribution in [2.45, 2.75) is 25.2 Å². The quantitative estimate of drug-likeness (QED) is 0.830. The van der Waals surface area contributed by atoms with Crippen molar-refractivity contribution >= 4 is 0 Å². The molecule has 0 spiro atoms. The van der Waals surface area contributed by atoms with E-state index in [-0.39, 0.29) is 0 Å². The summed E-state index contributed by atoms with van der Waals surface area (Å²) in [6.07, 6.45) is 5.47. The molecular weight excluding hydrogens is 202 g/mol. The fraction of sp³-hybridized carbons (Fsp3) is 0.750. The highest BCUT2D eigenvalue weighted by Gasteiger charge is 2.20. The molecule has 90 valence electrons. The second-order valence-corrected chi connectivity index (χ2v) is 4.45. The van der Waals surface area contributed by atoms with E-state index in [1.165, 1.54) is 11.3 Å². The standard InChI is InChI=1S/C12H21N3O/c1-13-6-3-12-11(9-15(2)14-12)10-4-7-16-8-5-10/h9-10,13H,3-8H2,1-2H3. The van der Waals surface area contributed by atoms with Crippen LogP contribution in [0.2, 0.25) is 0 Å². The molecule has 1 fully saturated rings. The van der Waals surface area contributed by atoms with Crippen LogP contribution in [-0.2, 0) is 18.2 Å². The molecule has 1 saturated heterocycles. The van der Waals surface area contributed by atoms with Crippen molar-refractivity contribution < 1.29 is 4.74 Å². The molecule has 0 aromatic carbocycles. The summed E-state index contributed by atoms with van der Waals surface area (Å²) in [6.45, 7) is 2.78. The monoisotopic (exact) mass is 223 g/mol. The van der Waals surface area contributed by atoms with E-state index in [1.54, 1.807) is 0 Å². The molecule has 0 saturated carbocycles. The van der Waals surface area contributed by atoms with Crippen molar-refractivity contribution in [1.82, 2.24) is 15.1 Å². The third kappa shape index (κ3) is 2.62. The molecule has 1 aromatic rings. The van der Waals surface area contributed by atoms with Crippen LogP contribution in [0.5, 0.6) is 0 Å². The van der Waals surface area contributed by atoms with Crippen molar-refractivity contribution in [1.29, 1.82) is 0 Å². The lowest BCUT2D eigenvalue weighted by molar-refractivity contribution is 0.0851. The predicted molar refractivity (Wildman–Crippen MR) is 63.6 cm³/mol. The number of likely N-dealkylation sites (N-methyl/N-ethyl adjacent to an activating group) is 1. The molecule has 4 heteroatoms. The van der Waals surface area contributed by atoms with Gasteiger partial charge in [0.1, 0.15) is 0 Å². The number of ether oxygens (including phenoxy) is 1. The maximum atomic E-state index is 5.41. The van der Waals surface area contributed by atoms with Gasteiger partial charge in [0.2, 0.25) is 0 Å². The van der Waals surface area contributed by atoms with Gasteiger partial charge in [-0.25, -0.2) is 0 Å². The first-order valence-corrected chi connectivity index (χ1v) is 6.06. The molecule has 0 bridgehead atoms. The fourth-order valence-corrected chi connectivity index (χ4v) is 2.34. The predicted octanol–water partition coefficient (Wildman–Crippen LogP) is 1.08. The molecular formula is C12H21N3O. The van der Waals surface area contributed by atoms with Crippen molar-refractivity contribution in [3.63, 3.8) is 0 Å². The first kappa shape index (κ1) is 11.6. The average molecular weight is 223 g/mol. The minimum absolute atomic E-state index is 0.648. The summed E-state index contributed by atoms with van der Waals surface area (Å²) in [5.74, 6) is 0.648. The highest BCUT2D eigenvalue weighted by atomic mass is 16.5. The van der Waals surface area contributed by atoms with Crippen LogP contribution < -0.4 is 5.32 Å². The SMILES string of the molecule is CNCCc1nn(C)cc1C1CCOCC1. The zero-order chi connectivity index (χ0) is 11.4. The van der Waals surface area contributed by atoms with Crippen LogP contribution in [0.25, 0.3) is 0 Å². The van der Waals surface area contributed by atoms with Gasteiger partial charge in [0.15, 0.2) is 0 Å². The Morgan fingerprint density at radius 1 is 1.50 bits per heavy atom. The fourth-order valence-electron chi connectivity index (χ4n) is 2.34. The summed E-state index contributed by atoms with van der Waals surface area (Å²) < 4.78 is 7.35. The number of hydrogen-bond donors (Lipinski definition) is 1. The van der Waals surface area contributed by atoms with Crippen molar-refractivity contribution in [3.8, 4) is 0 Å². The summed E-state index contributed by atoms with van der Waals surface area (Å²) in [7, 11) is 3.99. The van der Waals surface area contributed by atoms with E-state index in [0.717, 1.165) is 39.0 Å². The maximum Gasteiger partial charge on any atom is 0.0671 e. The Kier molecular flexibility index (Phi) is 3.96. The zero-order valence-corrected chi connectivity index (χ0v) is 10.2. The number of hydrogen-bond acceptors (Lipinski definition) is 3. The van der Waals surface area contributed by atoms with Crippen molar-refractivity contribution in [3.05, 3.63) is 17.5 Å². The molecule has 4 nitrogen and oxygen atoms in total.